The highest BCUT2D eigenvalue weighted by Gasteiger charge is 2.56. The molecule has 2 rings (SSSR count). The van der Waals surface area contributed by atoms with Gasteiger partial charge in [0.1, 0.15) is 12.2 Å². The van der Waals surface area contributed by atoms with E-state index in [9.17, 15) is 9.90 Å². The van der Waals surface area contributed by atoms with Crippen LogP contribution in [0.15, 0.2) is 17.1 Å². The number of hydrogen-bond acceptors (Lipinski definition) is 6. The van der Waals surface area contributed by atoms with E-state index in [1.54, 1.807) is 0 Å². The van der Waals surface area contributed by atoms with Gasteiger partial charge in [-0.3, -0.25) is 14.3 Å². The fraction of sp³-hybridized carbons (Fsp3) is 0.684. The molecular formula is C19H28N2O5S. The standard InChI is InChI=1S/C19H28N2O5S/c1-4-7-11-24-13-19(6-3)16(25-12-8-5-2)15(23)17(26-19)21-10-9-14(22)20-18(21)27/h3,9-10,15-17,23H,4-5,7-8,11-13H2,1-2H3,(H,20,22,27)/t15-,16?,17+,19+/m0/s1. The Kier molecular flexibility index (Phi) is 8.20. The Bertz CT molecular complexity index is 755. The Balaban J connectivity index is 2.29. The van der Waals surface area contributed by atoms with E-state index in [0.717, 1.165) is 25.7 Å². The van der Waals surface area contributed by atoms with E-state index < -0.39 is 24.0 Å². The number of terminal acetylenes is 1. The van der Waals surface area contributed by atoms with E-state index in [2.05, 4.69) is 24.8 Å². The number of unbranched alkanes of at least 4 members (excludes halogenated alkanes) is 2. The van der Waals surface area contributed by atoms with Gasteiger partial charge < -0.3 is 19.3 Å². The number of aliphatic hydroxyl groups excluding tert-OH is 1. The summed E-state index contributed by atoms with van der Waals surface area (Å²) in [6.07, 6.45) is 8.25. The predicted molar refractivity (Wildman–Crippen MR) is 104 cm³/mol. The second kappa shape index (κ2) is 10.2. The van der Waals surface area contributed by atoms with Crippen molar-refractivity contribution in [3.05, 3.63) is 27.4 Å². The van der Waals surface area contributed by atoms with E-state index in [1.165, 1.54) is 16.8 Å². The van der Waals surface area contributed by atoms with E-state index >= 15 is 0 Å². The summed E-state index contributed by atoms with van der Waals surface area (Å²) in [5.74, 6) is 2.64. The molecule has 0 radical (unpaired) electrons. The van der Waals surface area contributed by atoms with Crippen molar-refractivity contribution < 1.29 is 19.3 Å². The van der Waals surface area contributed by atoms with E-state index in [1.807, 2.05) is 0 Å². The quantitative estimate of drug-likeness (QED) is 0.358. The fourth-order valence-corrected chi connectivity index (χ4v) is 3.22. The minimum Gasteiger partial charge on any atom is -0.386 e. The highest BCUT2D eigenvalue weighted by Crippen LogP contribution is 2.39. The van der Waals surface area contributed by atoms with Crippen LogP contribution in [-0.4, -0.2) is 52.3 Å². The lowest BCUT2D eigenvalue weighted by Crippen LogP contribution is -2.47. The zero-order valence-corrected chi connectivity index (χ0v) is 16.7. The third kappa shape index (κ3) is 5.06. The molecule has 1 unspecified atom stereocenters. The second-order valence-electron chi connectivity index (χ2n) is 6.60. The van der Waals surface area contributed by atoms with Gasteiger partial charge in [0.05, 0.1) is 6.61 Å². The van der Waals surface area contributed by atoms with Gasteiger partial charge >= 0.3 is 0 Å². The van der Waals surface area contributed by atoms with Gasteiger partial charge in [-0.15, -0.1) is 6.42 Å². The van der Waals surface area contributed by atoms with Gasteiger partial charge in [0, 0.05) is 25.5 Å². The minimum absolute atomic E-state index is 0.102. The second-order valence-corrected chi connectivity index (χ2v) is 6.99. The summed E-state index contributed by atoms with van der Waals surface area (Å²) < 4.78 is 19.3. The lowest BCUT2D eigenvalue weighted by atomic mass is 9.96. The van der Waals surface area contributed by atoms with Crippen LogP contribution in [-0.2, 0) is 14.2 Å². The van der Waals surface area contributed by atoms with Crippen LogP contribution in [0.3, 0.4) is 0 Å². The zero-order valence-electron chi connectivity index (χ0n) is 15.8. The summed E-state index contributed by atoms with van der Waals surface area (Å²) in [5, 5.41) is 10.9. The Hall–Kier alpha value is -1.50. The van der Waals surface area contributed by atoms with Gasteiger partial charge in [-0.1, -0.05) is 32.6 Å². The molecule has 7 nitrogen and oxygen atoms in total. The van der Waals surface area contributed by atoms with Crippen LogP contribution < -0.4 is 5.56 Å². The molecule has 2 heterocycles. The summed E-state index contributed by atoms with van der Waals surface area (Å²) >= 11 is 5.20. The summed E-state index contributed by atoms with van der Waals surface area (Å²) in [6, 6.07) is 1.31. The number of H-pyrrole nitrogens is 1. The van der Waals surface area contributed by atoms with Crippen molar-refractivity contribution in [2.45, 2.75) is 63.6 Å². The summed E-state index contributed by atoms with van der Waals surface area (Å²) in [4.78, 5) is 14.0. The normalized spacial score (nSPS) is 27.6. The number of nitrogens with one attached hydrogen (secondary N) is 1. The van der Waals surface area contributed by atoms with Crippen LogP contribution in [0.25, 0.3) is 0 Å². The van der Waals surface area contributed by atoms with Crippen molar-refractivity contribution >= 4 is 12.2 Å². The highest BCUT2D eigenvalue weighted by molar-refractivity contribution is 7.71. The topological polar surface area (TPSA) is 85.7 Å². The maximum atomic E-state index is 11.4. The third-order valence-electron chi connectivity index (χ3n) is 4.52. The monoisotopic (exact) mass is 396 g/mol. The molecule has 8 heteroatoms. The van der Waals surface area contributed by atoms with Gasteiger partial charge in [0.15, 0.2) is 16.6 Å². The predicted octanol–water partition coefficient (Wildman–Crippen LogP) is 2.17. The van der Waals surface area contributed by atoms with Gasteiger partial charge in [-0.2, -0.15) is 0 Å². The molecule has 4 atom stereocenters. The SMILES string of the molecule is C#C[C@]1(COCCCC)O[C@@H](n2ccc(=O)[nH]c2=S)[C@@H](O)C1OCCCC. The lowest BCUT2D eigenvalue weighted by molar-refractivity contribution is -0.119. The highest BCUT2D eigenvalue weighted by atomic mass is 32.1. The van der Waals surface area contributed by atoms with Crippen molar-refractivity contribution in [1.82, 2.24) is 9.55 Å². The molecule has 0 spiro atoms. The van der Waals surface area contributed by atoms with Gasteiger partial charge in [0.2, 0.25) is 0 Å². The van der Waals surface area contributed by atoms with Crippen LogP contribution in [0, 0.1) is 17.1 Å². The van der Waals surface area contributed by atoms with Crippen molar-refractivity contribution in [2.75, 3.05) is 19.8 Å². The van der Waals surface area contributed by atoms with Crippen LogP contribution in [0.4, 0.5) is 0 Å². The number of aliphatic hydroxyl groups is 1. The molecule has 1 aliphatic rings. The Morgan fingerprint density at radius 2 is 2.11 bits per heavy atom. The Morgan fingerprint density at radius 3 is 2.74 bits per heavy atom. The van der Waals surface area contributed by atoms with Gasteiger partial charge in [-0.25, -0.2) is 0 Å². The van der Waals surface area contributed by atoms with Crippen molar-refractivity contribution in [3.8, 4) is 12.3 Å². The smallest absolute Gasteiger partial charge is 0.251 e. The first kappa shape index (κ1) is 21.8. The first-order valence-electron chi connectivity index (χ1n) is 9.33. The van der Waals surface area contributed by atoms with Crippen molar-refractivity contribution in [3.63, 3.8) is 0 Å². The van der Waals surface area contributed by atoms with E-state index in [-0.39, 0.29) is 16.9 Å². The lowest BCUT2D eigenvalue weighted by Gasteiger charge is -2.29. The molecule has 150 valence electrons. The third-order valence-corrected chi connectivity index (χ3v) is 4.83. The van der Waals surface area contributed by atoms with Crippen molar-refractivity contribution in [2.24, 2.45) is 0 Å². The number of hydrogen-bond donors (Lipinski definition) is 2. The summed E-state index contributed by atoms with van der Waals surface area (Å²) in [6.45, 7) is 5.22. The van der Waals surface area contributed by atoms with E-state index in [0.29, 0.717) is 13.2 Å². The maximum Gasteiger partial charge on any atom is 0.251 e. The molecule has 0 aromatic carbocycles. The van der Waals surface area contributed by atoms with Crippen LogP contribution >= 0.6 is 12.2 Å². The van der Waals surface area contributed by atoms with Gasteiger partial charge in [0.25, 0.3) is 5.56 Å². The Labute approximate surface area is 164 Å². The van der Waals surface area contributed by atoms with Crippen molar-refractivity contribution in [1.29, 1.82) is 0 Å². The zero-order chi connectivity index (χ0) is 19.9. The molecule has 27 heavy (non-hydrogen) atoms. The maximum absolute atomic E-state index is 11.4. The number of aromatic nitrogens is 2. The molecule has 0 bridgehead atoms. The molecule has 1 aliphatic heterocycles. The molecule has 1 aromatic heterocycles. The average Bonchev–Trinajstić information content (AvgIpc) is 2.92. The number of nitrogens with zero attached hydrogens (tertiary/aromatic N) is 1. The number of rotatable bonds is 10. The summed E-state index contributed by atoms with van der Waals surface area (Å²) in [7, 11) is 0. The Morgan fingerprint density at radius 1 is 1.41 bits per heavy atom. The van der Waals surface area contributed by atoms with Crippen LogP contribution in [0.5, 0.6) is 0 Å². The first-order chi connectivity index (χ1) is 13.0. The molecular weight excluding hydrogens is 368 g/mol. The molecule has 0 saturated carbocycles. The molecule has 1 fully saturated rings. The molecule has 0 aliphatic carbocycles. The number of ether oxygens (including phenoxy) is 3. The molecule has 0 amide bonds. The molecule has 2 N–H and O–H groups in total. The van der Waals surface area contributed by atoms with E-state index in [4.69, 9.17) is 32.9 Å². The van der Waals surface area contributed by atoms with Gasteiger partial charge in [-0.05, 0) is 25.1 Å². The first-order valence-corrected chi connectivity index (χ1v) is 9.74. The average molecular weight is 397 g/mol. The number of aromatic amines is 1. The molecule has 1 saturated heterocycles. The molecule has 1 aromatic rings. The van der Waals surface area contributed by atoms with Crippen LogP contribution in [0.2, 0.25) is 0 Å². The largest absolute Gasteiger partial charge is 0.386 e. The minimum atomic E-state index is -1.24. The fourth-order valence-electron chi connectivity index (χ4n) is 2.96. The summed E-state index contributed by atoms with van der Waals surface area (Å²) in [5.41, 5.74) is -1.57. The van der Waals surface area contributed by atoms with Crippen LogP contribution in [0.1, 0.15) is 45.8 Å².